The molecule has 0 fully saturated rings. The molecule has 126 valence electrons. The van der Waals surface area contributed by atoms with Gasteiger partial charge in [-0.2, -0.15) is 0 Å². The van der Waals surface area contributed by atoms with Crippen LogP contribution in [0.2, 0.25) is 0 Å². The largest absolute Gasteiger partial charge is 0.469 e. The van der Waals surface area contributed by atoms with Crippen molar-refractivity contribution in [3.63, 3.8) is 0 Å². The molecule has 0 amide bonds. The van der Waals surface area contributed by atoms with Crippen LogP contribution in [0.1, 0.15) is 96.8 Å². The van der Waals surface area contributed by atoms with Gasteiger partial charge in [-0.15, -0.1) is 0 Å². The summed E-state index contributed by atoms with van der Waals surface area (Å²) in [5.74, 6) is -0.318. The fourth-order valence-electron chi connectivity index (χ4n) is 2.60. The second-order valence-electron chi connectivity index (χ2n) is 6.11. The zero-order valence-corrected chi connectivity index (χ0v) is 14.2. The van der Waals surface area contributed by atoms with Gasteiger partial charge in [0.15, 0.2) is 0 Å². The Morgan fingerprint density at radius 1 is 0.857 bits per heavy atom. The van der Waals surface area contributed by atoms with Crippen LogP contribution in [-0.2, 0) is 9.53 Å². The molecule has 0 heterocycles. The molecule has 0 aliphatic rings. The van der Waals surface area contributed by atoms with Crippen molar-refractivity contribution < 1.29 is 14.6 Å². The molecule has 0 radical (unpaired) electrons. The molecule has 3 heteroatoms. The zero-order chi connectivity index (χ0) is 15.8. The lowest BCUT2D eigenvalue weighted by Gasteiger charge is -2.08. The van der Waals surface area contributed by atoms with Crippen LogP contribution in [-0.4, -0.2) is 24.3 Å². The summed E-state index contributed by atoms with van der Waals surface area (Å²) in [4.78, 5) is 11.0. The first-order valence-electron chi connectivity index (χ1n) is 8.95. The molecule has 0 unspecified atom stereocenters. The fraction of sp³-hybridized carbons (Fsp3) is 0.944. The van der Waals surface area contributed by atoms with E-state index in [-0.39, 0.29) is 12.4 Å². The number of rotatable bonds is 15. The van der Waals surface area contributed by atoms with E-state index in [9.17, 15) is 9.90 Å². The number of methoxy groups -OCH3 is 1. The van der Waals surface area contributed by atoms with E-state index in [0.717, 1.165) is 12.8 Å². The molecule has 0 saturated carbocycles. The normalized spacial score (nSPS) is 12.3. The van der Waals surface area contributed by atoms with Gasteiger partial charge in [-0.1, -0.05) is 84.0 Å². The van der Waals surface area contributed by atoms with Crippen LogP contribution < -0.4 is 0 Å². The van der Waals surface area contributed by atoms with Crippen molar-refractivity contribution in [2.24, 2.45) is 0 Å². The van der Waals surface area contributed by atoms with Gasteiger partial charge in [0, 0.05) is 0 Å². The highest BCUT2D eigenvalue weighted by Gasteiger charge is 2.09. The van der Waals surface area contributed by atoms with Gasteiger partial charge in [-0.05, 0) is 6.42 Å². The van der Waals surface area contributed by atoms with Gasteiger partial charge in [0.25, 0.3) is 0 Å². The molecule has 1 N–H and O–H groups in total. The lowest BCUT2D eigenvalue weighted by Crippen LogP contribution is -2.14. The van der Waals surface area contributed by atoms with Gasteiger partial charge >= 0.3 is 5.97 Å². The maximum absolute atomic E-state index is 11.0. The number of carbonyl (C=O) groups is 1. The molecule has 21 heavy (non-hydrogen) atoms. The van der Waals surface area contributed by atoms with Crippen molar-refractivity contribution in [1.82, 2.24) is 0 Å². The summed E-state index contributed by atoms with van der Waals surface area (Å²) in [6.45, 7) is 2.26. The molecule has 3 nitrogen and oxygen atoms in total. The number of esters is 1. The van der Waals surface area contributed by atoms with Crippen LogP contribution in [0, 0.1) is 0 Å². The van der Waals surface area contributed by atoms with Gasteiger partial charge in [0.2, 0.25) is 0 Å². The molecule has 0 spiro atoms. The minimum absolute atomic E-state index is 0.133. The van der Waals surface area contributed by atoms with Gasteiger partial charge in [-0.3, -0.25) is 4.79 Å². The Hall–Kier alpha value is -0.570. The summed E-state index contributed by atoms with van der Waals surface area (Å²) in [6.07, 6.45) is 16.1. The molecule has 0 aliphatic carbocycles. The van der Waals surface area contributed by atoms with E-state index in [1.807, 2.05) is 0 Å². The third-order valence-electron chi connectivity index (χ3n) is 4.02. The Labute approximate surface area is 131 Å². The number of aliphatic hydroxyl groups excluding tert-OH is 1. The first kappa shape index (κ1) is 20.4. The van der Waals surface area contributed by atoms with Crippen LogP contribution in [0.15, 0.2) is 0 Å². The van der Waals surface area contributed by atoms with E-state index < -0.39 is 6.10 Å². The summed E-state index contributed by atoms with van der Waals surface area (Å²) in [7, 11) is 1.36. The molecular formula is C18H36O3. The number of carbonyl (C=O) groups excluding carboxylic acids is 1. The Bertz CT molecular complexity index is 229. The topological polar surface area (TPSA) is 46.5 Å². The number of hydrogen-bond acceptors (Lipinski definition) is 3. The number of unbranched alkanes of at least 4 members (excludes halogenated alkanes) is 11. The Balaban J connectivity index is 3.13. The molecule has 0 bridgehead atoms. The van der Waals surface area contributed by atoms with Crippen LogP contribution >= 0.6 is 0 Å². The van der Waals surface area contributed by atoms with Crippen molar-refractivity contribution in [2.45, 2.75) is 103 Å². The van der Waals surface area contributed by atoms with E-state index in [1.54, 1.807) is 0 Å². The Morgan fingerprint density at radius 2 is 1.29 bits per heavy atom. The molecule has 0 aliphatic heterocycles. The average Bonchev–Trinajstić information content (AvgIpc) is 2.48. The van der Waals surface area contributed by atoms with Crippen LogP contribution in [0.25, 0.3) is 0 Å². The standard InChI is InChI=1S/C18H36O3/c1-3-4-5-6-7-8-9-10-11-12-13-14-15-17(19)16-18(20)21-2/h17,19H,3-16H2,1-2H3/t17-/m0/s1. The zero-order valence-electron chi connectivity index (χ0n) is 14.2. The fourth-order valence-corrected chi connectivity index (χ4v) is 2.60. The first-order valence-corrected chi connectivity index (χ1v) is 8.95. The minimum Gasteiger partial charge on any atom is -0.469 e. The van der Waals surface area contributed by atoms with E-state index in [0.29, 0.717) is 6.42 Å². The van der Waals surface area contributed by atoms with Gasteiger partial charge in [0.05, 0.1) is 19.6 Å². The van der Waals surface area contributed by atoms with Crippen molar-refractivity contribution in [1.29, 1.82) is 0 Å². The molecule has 0 saturated heterocycles. The third-order valence-corrected chi connectivity index (χ3v) is 4.02. The van der Waals surface area contributed by atoms with E-state index >= 15 is 0 Å². The highest BCUT2D eigenvalue weighted by Crippen LogP contribution is 2.13. The monoisotopic (exact) mass is 300 g/mol. The third kappa shape index (κ3) is 15.6. The van der Waals surface area contributed by atoms with Crippen molar-refractivity contribution >= 4 is 5.97 Å². The van der Waals surface area contributed by atoms with Gasteiger partial charge in [-0.25, -0.2) is 0 Å². The maximum Gasteiger partial charge on any atom is 0.308 e. The minimum atomic E-state index is -0.527. The lowest BCUT2D eigenvalue weighted by molar-refractivity contribution is -0.142. The van der Waals surface area contributed by atoms with Gasteiger partial charge < -0.3 is 9.84 Å². The van der Waals surface area contributed by atoms with Crippen LogP contribution in [0.4, 0.5) is 0 Å². The second kappa shape index (κ2) is 15.8. The second-order valence-corrected chi connectivity index (χ2v) is 6.11. The van der Waals surface area contributed by atoms with E-state index in [1.165, 1.54) is 71.3 Å². The summed E-state index contributed by atoms with van der Waals surface area (Å²) < 4.78 is 4.54. The summed E-state index contributed by atoms with van der Waals surface area (Å²) in [6, 6.07) is 0. The number of aliphatic hydroxyl groups is 1. The summed E-state index contributed by atoms with van der Waals surface area (Å²) in [5.41, 5.74) is 0. The molecule has 0 aromatic heterocycles. The predicted molar refractivity (Wildman–Crippen MR) is 88.3 cm³/mol. The van der Waals surface area contributed by atoms with Crippen LogP contribution in [0.5, 0.6) is 0 Å². The number of hydrogen-bond donors (Lipinski definition) is 1. The SMILES string of the molecule is CCCCCCCCCCCCCC[C@H](O)CC(=O)OC. The van der Waals surface area contributed by atoms with Crippen LogP contribution in [0.3, 0.4) is 0 Å². The Morgan fingerprint density at radius 3 is 1.71 bits per heavy atom. The predicted octanol–water partition coefficient (Wildman–Crippen LogP) is 5.00. The smallest absolute Gasteiger partial charge is 0.308 e. The van der Waals surface area contributed by atoms with Crippen molar-refractivity contribution in [2.75, 3.05) is 7.11 Å². The molecular weight excluding hydrogens is 264 g/mol. The molecule has 0 aromatic carbocycles. The average molecular weight is 300 g/mol. The van der Waals surface area contributed by atoms with E-state index in [4.69, 9.17) is 0 Å². The maximum atomic E-state index is 11.0. The van der Waals surface area contributed by atoms with Crippen molar-refractivity contribution in [3.8, 4) is 0 Å². The first-order chi connectivity index (χ1) is 10.2. The quantitative estimate of drug-likeness (QED) is 0.342. The molecule has 0 aromatic rings. The molecule has 1 atom stereocenters. The summed E-state index contributed by atoms with van der Waals surface area (Å²) >= 11 is 0. The molecule has 0 rings (SSSR count). The lowest BCUT2D eigenvalue weighted by atomic mass is 10.0. The highest BCUT2D eigenvalue weighted by atomic mass is 16.5. The number of ether oxygens (including phenoxy) is 1. The van der Waals surface area contributed by atoms with E-state index in [2.05, 4.69) is 11.7 Å². The van der Waals surface area contributed by atoms with Gasteiger partial charge in [0.1, 0.15) is 0 Å². The highest BCUT2D eigenvalue weighted by molar-refractivity contribution is 5.69. The summed E-state index contributed by atoms with van der Waals surface area (Å²) in [5, 5.41) is 9.61. The van der Waals surface area contributed by atoms with Crippen molar-refractivity contribution in [3.05, 3.63) is 0 Å². The Kier molecular flexibility index (Phi) is 15.4.